The Balaban J connectivity index is 1.91. The Morgan fingerprint density at radius 3 is 2.35 bits per heavy atom. The lowest BCUT2D eigenvalue weighted by molar-refractivity contribution is -0.184. The molecule has 0 heterocycles. The molecule has 2 aliphatic rings. The van der Waals surface area contributed by atoms with Crippen molar-refractivity contribution in [1.29, 1.82) is 0 Å². The first-order chi connectivity index (χ1) is 10.7. The third-order valence-corrected chi connectivity index (χ3v) is 4.49. The predicted molar refractivity (Wildman–Crippen MR) is 76.3 cm³/mol. The van der Waals surface area contributed by atoms with Gasteiger partial charge in [-0.25, -0.2) is 0 Å². The zero-order chi connectivity index (χ0) is 17.2. The van der Waals surface area contributed by atoms with E-state index < -0.39 is 36.2 Å². The van der Waals surface area contributed by atoms with Crippen LogP contribution in [0.4, 0.5) is 13.2 Å². The number of hydrogen-bond acceptors (Lipinski definition) is 3. The number of nitrogens with one attached hydrogen (secondary N) is 2. The van der Waals surface area contributed by atoms with Gasteiger partial charge in [0.25, 0.3) is 0 Å². The highest BCUT2D eigenvalue weighted by atomic mass is 19.4. The molecule has 2 fully saturated rings. The Kier molecular flexibility index (Phi) is 5.54. The SMILES string of the molecule is CC(O)C(NC(=O)C1CC1)C(=O)NC1CCCC(C(F)(F)F)C1. The summed E-state index contributed by atoms with van der Waals surface area (Å²) in [5, 5.41) is 14.7. The fourth-order valence-corrected chi connectivity index (χ4v) is 2.93. The second-order valence-electron chi connectivity index (χ2n) is 6.61. The lowest BCUT2D eigenvalue weighted by Crippen LogP contribution is -2.55. The van der Waals surface area contributed by atoms with Gasteiger partial charge in [-0.1, -0.05) is 6.42 Å². The second kappa shape index (κ2) is 7.07. The smallest absolute Gasteiger partial charge is 0.391 e. The molecule has 0 radical (unpaired) electrons. The number of halogens is 3. The van der Waals surface area contributed by atoms with Crippen LogP contribution in [0.2, 0.25) is 0 Å². The van der Waals surface area contributed by atoms with Crippen LogP contribution in [0.25, 0.3) is 0 Å². The Labute approximate surface area is 133 Å². The van der Waals surface area contributed by atoms with Gasteiger partial charge in [0.1, 0.15) is 6.04 Å². The van der Waals surface area contributed by atoms with E-state index >= 15 is 0 Å². The first kappa shape index (κ1) is 18.0. The van der Waals surface area contributed by atoms with Crippen LogP contribution in [0.15, 0.2) is 0 Å². The van der Waals surface area contributed by atoms with Crippen molar-refractivity contribution in [3.63, 3.8) is 0 Å². The average molecular weight is 336 g/mol. The van der Waals surface area contributed by atoms with E-state index in [0.717, 1.165) is 12.8 Å². The summed E-state index contributed by atoms with van der Waals surface area (Å²) in [5.74, 6) is -2.44. The molecular weight excluding hydrogens is 313 g/mol. The van der Waals surface area contributed by atoms with Crippen molar-refractivity contribution in [3.05, 3.63) is 0 Å². The van der Waals surface area contributed by atoms with E-state index in [1.807, 2.05) is 0 Å². The summed E-state index contributed by atoms with van der Waals surface area (Å²) in [6, 6.07) is -1.71. The Morgan fingerprint density at radius 1 is 1.17 bits per heavy atom. The fraction of sp³-hybridized carbons (Fsp3) is 0.867. The summed E-state index contributed by atoms with van der Waals surface area (Å²) < 4.78 is 38.4. The largest absolute Gasteiger partial charge is 0.391 e. The van der Waals surface area contributed by atoms with E-state index in [2.05, 4.69) is 10.6 Å². The van der Waals surface area contributed by atoms with Gasteiger partial charge in [0.05, 0.1) is 12.0 Å². The topological polar surface area (TPSA) is 78.4 Å². The molecule has 2 aliphatic carbocycles. The number of aliphatic hydroxyl groups excluding tert-OH is 1. The van der Waals surface area contributed by atoms with Crippen LogP contribution in [0.1, 0.15) is 45.4 Å². The number of rotatable bonds is 5. The van der Waals surface area contributed by atoms with Crippen LogP contribution in [0.5, 0.6) is 0 Å². The lowest BCUT2D eigenvalue weighted by Gasteiger charge is -2.32. The number of hydrogen-bond donors (Lipinski definition) is 3. The third-order valence-electron chi connectivity index (χ3n) is 4.49. The van der Waals surface area contributed by atoms with E-state index in [1.54, 1.807) is 0 Å². The van der Waals surface area contributed by atoms with Gasteiger partial charge in [0, 0.05) is 12.0 Å². The molecule has 0 saturated heterocycles. The van der Waals surface area contributed by atoms with E-state index in [0.29, 0.717) is 12.8 Å². The monoisotopic (exact) mass is 336 g/mol. The first-order valence-electron chi connectivity index (χ1n) is 8.04. The molecule has 5 nitrogen and oxygen atoms in total. The maximum atomic E-state index is 12.8. The van der Waals surface area contributed by atoms with Crippen molar-refractivity contribution in [2.24, 2.45) is 11.8 Å². The molecule has 4 unspecified atom stereocenters. The standard InChI is InChI=1S/C15H23F3N2O3/c1-8(21)12(20-13(22)9-5-6-9)14(23)19-11-4-2-3-10(7-11)15(16,17)18/h8-12,21H,2-7H2,1H3,(H,19,23)(H,20,22). The van der Waals surface area contributed by atoms with Crippen molar-refractivity contribution in [2.45, 2.75) is 69.8 Å². The zero-order valence-electron chi connectivity index (χ0n) is 13.0. The van der Waals surface area contributed by atoms with Gasteiger partial charge >= 0.3 is 6.18 Å². The minimum atomic E-state index is -4.26. The van der Waals surface area contributed by atoms with Crippen molar-refractivity contribution in [2.75, 3.05) is 0 Å². The van der Waals surface area contributed by atoms with Gasteiger partial charge < -0.3 is 15.7 Å². The van der Waals surface area contributed by atoms with E-state index in [1.165, 1.54) is 6.92 Å². The normalized spacial score (nSPS) is 27.9. The minimum Gasteiger partial charge on any atom is -0.391 e. The van der Waals surface area contributed by atoms with Crippen molar-refractivity contribution >= 4 is 11.8 Å². The highest BCUT2D eigenvalue weighted by molar-refractivity contribution is 5.89. The van der Waals surface area contributed by atoms with Crippen molar-refractivity contribution in [1.82, 2.24) is 10.6 Å². The molecule has 2 amide bonds. The van der Waals surface area contributed by atoms with Crippen LogP contribution >= 0.6 is 0 Å². The van der Waals surface area contributed by atoms with Crippen molar-refractivity contribution < 1.29 is 27.9 Å². The number of carbonyl (C=O) groups excluding carboxylic acids is 2. The summed E-state index contributed by atoms with van der Waals surface area (Å²) in [6.07, 6.45) is -3.06. The van der Waals surface area contributed by atoms with E-state index in [4.69, 9.17) is 0 Å². The van der Waals surface area contributed by atoms with E-state index in [9.17, 15) is 27.9 Å². The second-order valence-corrected chi connectivity index (χ2v) is 6.61. The molecule has 23 heavy (non-hydrogen) atoms. The number of amides is 2. The van der Waals surface area contributed by atoms with Crippen molar-refractivity contribution in [3.8, 4) is 0 Å². The summed E-state index contributed by atoms with van der Waals surface area (Å²) in [5.41, 5.74) is 0. The quantitative estimate of drug-likeness (QED) is 0.712. The first-order valence-corrected chi connectivity index (χ1v) is 8.04. The molecule has 4 atom stereocenters. The Morgan fingerprint density at radius 2 is 1.83 bits per heavy atom. The number of aliphatic hydroxyl groups is 1. The molecule has 0 spiro atoms. The Hall–Kier alpha value is -1.31. The highest BCUT2D eigenvalue weighted by Crippen LogP contribution is 2.37. The summed E-state index contributed by atoms with van der Waals surface area (Å²) in [6.45, 7) is 1.37. The maximum Gasteiger partial charge on any atom is 0.391 e. The number of alkyl halides is 3. The van der Waals surface area contributed by atoms with Gasteiger partial charge in [-0.2, -0.15) is 13.2 Å². The van der Waals surface area contributed by atoms with Gasteiger partial charge in [0.2, 0.25) is 11.8 Å². The molecule has 0 aliphatic heterocycles. The van der Waals surface area contributed by atoms with Crippen LogP contribution < -0.4 is 10.6 Å². The molecular formula is C15H23F3N2O3. The minimum absolute atomic E-state index is 0.0775. The van der Waals surface area contributed by atoms with Gasteiger partial charge in [-0.15, -0.1) is 0 Å². The summed E-state index contributed by atoms with van der Waals surface area (Å²) in [4.78, 5) is 24.0. The zero-order valence-corrected chi connectivity index (χ0v) is 13.0. The van der Waals surface area contributed by atoms with E-state index in [-0.39, 0.29) is 24.7 Å². The highest BCUT2D eigenvalue weighted by Gasteiger charge is 2.43. The molecule has 0 aromatic carbocycles. The van der Waals surface area contributed by atoms with Crippen LogP contribution in [0.3, 0.4) is 0 Å². The molecule has 0 bridgehead atoms. The molecule has 3 N–H and O–H groups in total. The average Bonchev–Trinajstić information content (AvgIpc) is 3.28. The fourth-order valence-electron chi connectivity index (χ4n) is 2.93. The van der Waals surface area contributed by atoms with Gasteiger partial charge in [0.15, 0.2) is 0 Å². The van der Waals surface area contributed by atoms with Crippen LogP contribution in [0, 0.1) is 11.8 Å². The molecule has 2 saturated carbocycles. The van der Waals surface area contributed by atoms with Crippen LogP contribution in [-0.4, -0.2) is 41.3 Å². The Bertz CT molecular complexity index is 450. The lowest BCUT2D eigenvalue weighted by atomic mass is 9.85. The van der Waals surface area contributed by atoms with Crippen LogP contribution in [-0.2, 0) is 9.59 Å². The predicted octanol–water partition coefficient (Wildman–Crippen LogP) is 1.50. The summed E-state index contributed by atoms with van der Waals surface area (Å²) >= 11 is 0. The maximum absolute atomic E-state index is 12.8. The number of carbonyl (C=O) groups is 2. The third kappa shape index (κ3) is 5.09. The molecule has 132 valence electrons. The molecule has 0 aromatic rings. The molecule has 2 rings (SSSR count). The van der Waals surface area contributed by atoms with Gasteiger partial charge in [-0.05, 0) is 39.0 Å². The van der Waals surface area contributed by atoms with Gasteiger partial charge in [-0.3, -0.25) is 9.59 Å². The molecule has 8 heteroatoms. The summed E-state index contributed by atoms with van der Waals surface area (Å²) in [7, 11) is 0. The molecule has 0 aromatic heterocycles.